The Balaban J connectivity index is 2.04. The van der Waals surface area contributed by atoms with Crippen LogP contribution in [0.4, 0.5) is 5.69 Å². The van der Waals surface area contributed by atoms with E-state index >= 15 is 0 Å². The second-order valence-electron chi connectivity index (χ2n) is 4.99. The van der Waals surface area contributed by atoms with E-state index in [-0.39, 0.29) is 5.91 Å². The molecule has 0 spiro atoms. The van der Waals surface area contributed by atoms with E-state index in [2.05, 4.69) is 5.32 Å². The van der Waals surface area contributed by atoms with Crippen LogP contribution >= 0.6 is 11.6 Å². The van der Waals surface area contributed by atoms with Crippen LogP contribution in [0.3, 0.4) is 0 Å². The summed E-state index contributed by atoms with van der Waals surface area (Å²) in [6.45, 7) is 5.55. The Morgan fingerprint density at radius 3 is 2.29 bits per heavy atom. The maximum atomic E-state index is 12.1. The van der Waals surface area contributed by atoms with Crippen molar-refractivity contribution < 1.29 is 9.53 Å². The molecule has 21 heavy (non-hydrogen) atoms. The topological polar surface area (TPSA) is 38.3 Å². The lowest BCUT2D eigenvalue weighted by atomic mass is 10.1. The molecule has 0 saturated heterocycles. The van der Waals surface area contributed by atoms with E-state index in [0.29, 0.717) is 5.75 Å². The minimum absolute atomic E-state index is 0.188. The number of anilines is 1. The molecule has 1 atom stereocenters. The quantitative estimate of drug-likeness (QED) is 0.911. The first-order chi connectivity index (χ1) is 9.97. The van der Waals surface area contributed by atoms with Gasteiger partial charge in [-0.25, -0.2) is 0 Å². The van der Waals surface area contributed by atoms with Crippen molar-refractivity contribution in [1.82, 2.24) is 0 Å². The number of rotatable bonds is 4. The van der Waals surface area contributed by atoms with E-state index < -0.39 is 6.10 Å². The van der Waals surface area contributed by atoms with Gasteiger partial charge >= 0.3 is 0 Å². The van der Waals surface area contributed by atoms with Gasteiger partial charge in [0.1, 0.15) is 5.75 Å². The summed E-state index contributed by atoms with van der Waals surface area (Å²) in [5, 5.41) is 3.54. The fourth-order valence-electron chi connectivity index (χ4n) is 2.00. The van der Waals surface area contributed by atoms with Gasteiger partial charge in [0.25, 0.3) is 5.91 Å². The molecule has 0 aliphatic rings. The predicted octanol–water partition coefficient (Wildman–Crippen LogP) is 4.36. The van der Waals surface area contributed by atoms with Gasteiger partial charge in [-0.05, 0) is 56.2 Å². The number of aryl methyl sites for hydroxylation is 2. The summed E-state index contributed by atoms with van der Waals surface area (Å²) in [4.78, 5) is 12.1. The van der Waals surface area contributed by atoms with Crippen LogP contribution in [-0.4, -0.2) is 12.0 Å². The minimum Gasteiger partial charge on any atom is -0.481 e. The van der Waals surface area contributed by atoms with Crippen molar-refractivity contribution in [3.05, 3.63) is 58.6 Å². The highest BCUT2D eigenvalue weighted by atomic mass is 35.5. The number of nitrogens with one attached hydrogen (secondary N) is 1. The highest BCUT2D eigenvalue weighted by Gasteiger charge is 2.15. The molecule has 2 aromatic carbocycles. The van der Waals surface area contributed by atoms with Gasteiger partial charge in [-0.1, -0.05) is 29.8 Å². The van der Waals surface area contributed by atoms with Crippen molar-refractivity contribution >= 4 is 23.2 Å². The van der Waals surface area contributed by atoms with Crippen molar-refractivity contribution in [2.75, 3.05) is 5.32 Å². The SMILES string of the molecule is Cc1cc(O[C@@H](C)C(=O)Nc2ccccc2)cc(C)c1Cl. The Bertz CT molecular complexity index is 617. The molecule has 0 bridgehead atoms. The molecule has 0 heterocycles. The van der Waals surface area contributed by atoms with Crippen molar-refractivity contribution in [2.24, 2.45) is 0 Å². The van der Waals surface area contributed by atoms with Crippen LogP contribution < -0.4 is 10.1 Å². The zero-order valence-electron chi connectivity index (χ0n) is 12.3. The normalized spacial score (nSPS) is 11.8. The highest BCUT2D eigenvalue weighted by Crippen LogP contribution is 2.26. The second kappa shape index (κ2) is 6.64. The molecule has 1 amide bonds. The van der Waals surface area contributed by atoms with E-state index in [1.165, 1.54) is 0 Å². The lowest BCUT2D eigenvalue weighted by Gasteiger charge is -2.16. The number of carbonyl (C=O) groups excluding carboxylic acids is 1. The molecule has 2 aromatic rings. The van der Waals surface area contributed by atoms with Gasteiger partial charge in [0, 0.05) is 10.7 Å². The monoisotopic (exact) mass is 303 g/mol. The third-order valence-electron chi connectivity index (χ3n) is 3.13. The molecule has 0 saturated carbocycles. The number of carbonyl (C=O) groups is 1. The summed E-state index contributed by atoms with van der Waals surface area (Å²) >= 11 is 6.12. The number of halogens is 1. The minimum atomic E-state index is -0.592. The maximum absolute atomic E-state index is 12.1. The summed E-state index contributed by atoms with van der Waals surface area (Å²) < 4.78 is 5.69. The van der Waals surface area contributed by atoms with Gasteiger partial charge in [-0.15, -0.1) is 0 Å². The first-order valence-electron chi connectivity index (χ1n) is 6.76. The van der Waals surface area contributed by atoms with Gasteiger partial charge in [0.05, 0.1) is 0 Å². The lowest BCUT2D eigenvalue weighted by molar-refractivity contribution is -0.122. The molecule has 3 nitrogen and oxygen atoms in total. The fourth-order valence-corrected chi connectivity index (χ4v) is 2.11. The van der Waals surface area contributed by atoms with Crippen LogP contribution in [0.15, 0.2) is 42.5 Å². The molecule has 0 aliphatic carbocycles. The molecule has 0 aromatic heterocycles. The second-order valence-corrected chi connectivity index (χ2v) is 5.36. The standard InChI is InChI=1S/C17H18ClNO2/c1-11-9-15(10-12(2)16(11)18)21-13(3)17(20)19-14-7-5-4-6-8-14/h4-10,13H,1-3H3,(H,19,20)/t13-/m0/s1. The first kappa shape index (κ1) is 15.4. The van der Waals surface area contributed by atoms with Crippen molar-refractivity contribution in [3.63, 3.8) is 0 Å². The fraction of sp³-hybridized carbons (Fsp3) is 0.235. The van der Waals surface area contributed by atoms with Crippen LogP contribution in [0.5, 0.6) is 5.75 Å². The van der Waals surface area contributed by atoms with Gasteiger partial charge in [0.2, 0.25) is 0 Å². The highest BCUT2D eigenvalue weighted by molar-refractivity contribution is 6.32. The lowest BCUT2D eigenvalue weighted by Crippen LogP contribution is -2.30. The summed E-state index contributed by atoms with van der Waals surface area (Å²) in [7, 11) is 0. The maximum Gasteiger partial charge on any atom is 0.265 e. The zero-order valence-corrected chi connectivity index (χ0v) is 13.1. The molecular weight excluding hydrogens is 286 g/mol. The van der Waals surface area contributed by atoms with Crippen LogP contribution in [0.25, 0.3) is 0 Å². The third kappa shape index (κ3) is 3.99. The predicted molar refractivity (Wildman–Crippen MR) is 86.1 cm³/mol. The number of hydrogen-bond donors (Lipinski definition) is 1. The molecule has 0 aliphatic heterocycles. The van der Waals surface area contributed by atoms with Gasteiger partial charge in [0.15, 0.2) is 6.10 Å². The summed E-state index contributed by atoms with van der Waals surface area (Å²) in [5.74, 6) is 0.455. The van der Waals surface area contributed by atoms with Crippen LogP contribution in [0.1, 0.15) is 18.1 Å². The van der Waals surface area contributed by atoms with E-state index in [1.807, 2.05) is 56.3 Å². The van der Waals surface area contributed by atoms with Gasteiger partial charge in [-0.2, -0.15) is 0 Å². The number of para-hydroxylation sites is 1. The van der Waals surface area contributed by atoms with Crippen molar-refractivity contribution in [3.8, 4) is 5.75 Å². The number of amides is 1. The zero-order chi connectivity index (χ0) is 15.4. The number of ether oxygens (including phenoxy) is 1. The number of hydrogen-bond acceptors (Lipinski definition) is 2. The first-order valence-corrected chi connectivity index (χ1v) is 7.14. The van der Waals surface area contributed by atoms with Crippen molar-refractivity contribution in [2.45, 2.75) is 26.9 Å². The van der Waals surface area contributed by atoms with Crippen molar-refractivity contribution in [1.29, 1.82) is 0 Å². The van der Waals surface area contributed by atoms with E-state index in [1.54, 1.807) is 6.92 Å². The summed E-state index contributed by atoms with van der Waals surface area (Å²) in [6.07, 6.45) is -0.592. The van der Waals surface area contributed by atoms with E-state index in [4.69, 9.17) is 16.3 Å². The molecule has 0 radical (unpaired) electrons. The van der Waals surface area contributed by atoms with Gasteiger partial charge < -0.3 is 10.1 Å². The Morgan fingerprint density at radius 1 is 1.14 bits per heavy atom. The third-order valence-corrected chi connectivity index (χ3v) is 3.73. The molecule has 0 fully saturated rings. The molecular formula is C17H18ClNO2. The molecule has 0 unspecified atom stereocenters. The van der Waals surface area contributed by atoms with Crippen LogP contribution in [0, 0.1) is 13.8 Å². The smallest absolute Gasteiger partial charge is 0.265 e. The Kier molecular flexibility index (Phi) is 4.86. The van der Waals surface area contributed by atoms with E-state index in [0.717, 1.165) is 21.8 Å². The Labute approximate surface area is 129 Å². The van der Waals surface area contributed by atoms with E-state index in [9.17, 15) is 4.79 Å². The van der Waals surface area contributed by atoms with Crippen LogP contribution in [-0.2, 0) is 4.79 Å². The summed E-state index contributed by atoms with van der Waals surface area (Å²) in [6, 6.07) is 13.0. The van der Waals surface area contributed by atoms with Gasteiger partial charge in [-0.3, -0.25) is 4.79 Å². The number of benzene rings is 2. The molecule has 4 heteroatoms. The largest absolute Gasteiger partial charge is 0.481 e. The molecule has 1 N–H and O–H groups in total. The Morgan fingerprint density at radius 2 is 1.71 bits per heavy atom. The molecule has 2 rings (SSSR count). The average molecular weight is 304 g/mol. The Hall–Kier alpha value is -2.00. The van der Waals surface area contributed by atoms with Crippen LogP contribution in [0.2, 0.25) is 5.02 Å². The summed E-state index contributed by atoms with van der Waals surface area (Å²) in [5.41, 5.74) is 2.62. The molecule has 110 valence electrons. The average Bonchev–Trinajstić information content (AvgIpc) is 2.45.